The lowest BCUT2D eigenvalue weighted by Gasteiger charge is -2.16. The smallest absolute Gasteiger partial charge is 0.305 e. The van der Waals surface area contributed by atoms with Gasteiger partial charge in [0.25, 0.3) is 0 Å². The van der Waals surface area contributed by atoms with Gasteiger partial charge in [0.05, 0.1) is 19.0 Å². The summed E-state index contributed by atoms with van der Waals surface area (Å²) in [7, 11) is 0. The van der Waals surface area contributed by atoms with E-state index in [0.29, 0.717) is 19.1 Å². The van der Waals surface area contributed by atoms with Crippen LogP contribution in [0.3, 0.4) is 0 Å². The Morgan fingerprint density at radius 3 is 2.42 bits per heavy atom. The number of likely N-dealkylation sites (tertiary alicyclic amines) is 1. The highest BCUT2D eigenvalue weighted by Crippen LogP contribution is 2.15. The molecule has 0 spiro atoms. The van der Waals surface area contributed by atoms with Crippen molar-refractivity contribution in [2.75, 3.05) is 32.8 Å². The van der Waals surface area contributed by atoms with Crippen LogP contribution in [0.25, 0.3) is 0 Å². The topological polar surface area (TPSA) is 56.6 Å². The van der Waals surface area contributed by atoms with Crippen LogP contribution in [0, 0.1) is 0 Å². The number of hydrogen-bond acceptors (Lipinski definition) is 5. The maximum atomic E-state index is 11.9. The van der Waals surface area contributed by atoms with Gasteiger partial charge in [-0.25, -0.2) is 4.98 Å². The molecule has 1 aliphatic heterocycles. The van der Waals surface area contributed by atoms with Gasteiger partial charge in [-0.1, -0.05) is 64.7 Å². The summed E-state index contributed by atoms with van der Waals surface area (Å²) < 4.78 is 13.5. The highest BCUT2D eigenvalue weighted by Gasteiger charge is 2.22. The number of carbonyl (C=O) groups excluding carboxylic acids is 1. The van der Waals surface area contributed by atoms with Crippen molar-refractivity contribution in [2.45, 2.75) is 116 Å². The summed E-state index contributed by atoms with van der Waals surface area (Å²) in [6.45, 7) is 7.94. The van der Waals surface area contributed by atoms with Crippen molar-refractivity contribution in [3.63, 3.8) is 0 Å². The van der Waals surface area contributed by atoms with Gasteiger partial charge in [-0.15, -0.1) is 0 Å². The van der Waals surface area contributed by atoms with Crippen LogP contribution < -0.4 is 0 Å². The van der Waals surface area contributed by atoms with E-state index in [4.69, 9.17) is 9.47 Å². The molecule has 0 radical (unpaired) electrons. The fourth-order valence-electron chi connectivity index (χ4n) is 4.50. The maximum Gasteiger partial charge on any atom is 0.305 e. The first-order valence-electron chi connectivity index (χ1n) is 13.7. The number of nitrogens with zero attached hydrogens (tertiary/aromatic N) is 3. The molecule has 1 fully saturated rings. The van der Waals surface area contributed by atoms with Crippen molar-refractivity contribution < 1.29 is 14.3 Å². The molecule has 0 N–H and O–H groups in total. The lowest BCUT2D eigenvalue weighted by Crippen LogP contribution is -2.24. The first-order chi connectivity index (χ1) is 16.3. The van der Waals surface area contributed by atoms with E-state index in [1.54, 1.807) is 0 Å². The Labute approximate surface area is 202 Å². The minimum Gasteiger partial charge on any atom is -0.466 e. The lowest BCUT2D eigenvalue weighted by atomic mass is 10.1. The van der Waals surface area contributed by atoms with Gasteiger partial charge in [0.1, 0.15) is 0 Å². The van der Waals surface area contributed by atoms with E-state index in [9.17, 15) is 4.79 Å². The Bertz CT molecular complexity index is 579. The van der Waals surface area contributed by atoms with Crippen molar-refractivity contribution in [2.24, 2.45) is 0 Å². The van der Waals surface area contributed by atoms with Crippen LogP contribution in [0.15, 0.2) is 18.7 Å². The molecule has 1 saturated heterocycles. The summed E-state index contributed by atoms with van der Waals surface area (Å²) in [6, 6.07) is 0. The van der Waals surface area contributed by atoms with Crippen molar-refractivity contribution in [1.82, 2.24) is 14.5 Å². The molecule has 2 heterocycles. The molecule has 190 valence electrons. The Balaban J connectivity index is 1.32. The lowest BCUT2D eigenvalue weighted by molar-refractivity contribution is -0.143. The van der Waals surface area contributed by atoms with Gasteiger partial charge in [0.2, 0.25) is 0 Å². The zero-order valence-electron chi connectivity index (χ0n) is 21.2. The minimum atomic E-state index is -0.0140. The second-order valence-corrected chi connectivity index (χ2v) is 9.60. The standard InChI is InChI=1S/C27H49N3O3/c1-2-3-4-5-6-7-8-9-13-22-33-27(31)15-11-10-12-18-29-20-16-26(24-29)32-23-14-19-30-21-17-28-25-30/h17,21,25-26H,2-16,18-20,22-24H2,1H3. The quantitative estimate of drug-likeness (QED) is 0.165. The predicted molar refractivity (Wildman–Crippen MR) is 134 cm³/mol. The second-order valence-electron chi connectivity index (χ2n) is 9.60. The molecule has 6 nitrogen and oxygen atoms in total. The molecule has 1 aliphatic rings. The average Bonchev–Trinajstić information content (AvgIpc) is 3.50. The van der Waals surface area contributed by atoms with E-state index in [1.165, 1.54) is 51.4 Å². The molecule has 1 atom stereocenters. The van der Waals surface area contributed by atoms with Gasteiger partial charge in [0.15, 0.2) is 0 Å². The molecule has 33 heavy (non-hydrogen) atoms. The van der Waals surface area contributed by atoms with Gasteiger partial charge in [-0.05, 0) is 38.6 Å². The number of carbonyl (C=O) groups is 1. The van der Waals surface area contributed by atoms with Gasteiger partial charge in [-0.3, -0.25) is 4.79 Å². The third-order valence-corrected chi connectivity index (χ3v) is 6.57. The summed E-state index contributed by atoms with van der Waals surface area (Å²) in [5.41, 5.74) is 0. The molecule has 0 saturated carbocycles. The van der Waals surface area contributed by atoms with E-state index < -0.39 is 0 Å². The van der Waals surface area contributed by atoms with Crippen LogP contribution in [0.2, 0.25) is 0 Å². The van der Waals surface area contributed by atoms with E-state index in [1.807, 2.05) is 18.7 Å². The zero-order chi connectivity index (χ0) is 23.4. The number of aromatic nitrogens is 2. The third kappa shape index (κ3) is 14.5. The Morgan fingerprint density at radius 1 is 0.909 bits per heavy atom. The number of rotatable bonds is 21. The summed E-state index contributed by atoms with van der Waals surface area (Å²) >= 11 is 0. The number of ether oxygens (including phenoxy) is 2. The van der Waals surface area contributed by atoms with Crippen LogP contribution in [-0.4, -0.2) is 59.4 Å². The molecule has 1 aromatic rings. The van der Waals surface area contributed by atoms with E-state index in [0.717, 1.165) is 71.3 Å². The number of esters is 1. The first-order valence-corrected chi connectivity index (χ1v) is 13.7. The number of hydrogen-bond donors (Lipinski definition) is 0. The van der Waals surface area contributed by atoms with E-state index in [-0.39, 0.29) is 5.97 Å². The van der Waals surface area contributed by atoms with Gasteiger partial charge < -0.3 is 18.9 Å². The molecule has 0 aromatic carbocycles. The van der Waals surface area contributed by atoms with Crippen LogP contribution in [0.1, 0.15) is 103 Å². The number of aryl methyl sites for hydroxylation is 1. The minimum absolute atomic E-state index is 0.0140. The molecule has 1 unspecified atom stereocenters. The molecule has 2 rings (SSSR count). The molecule has 0 amide bonds. The number of imidazole rings is 1. The summed E-state index contributed by atoms with van der Waals surface area (Å²) in [4.78, 5) is 18.5. The Morgan fingerprint density at radius 2 is 1.67 bits per heavy atom. The summed E-state index contributed by atoms with van der Waals surface area (Å²) in [6.07, 6.45) is 23.6. The Hall–Kier alpha value is -1.40. The van der Waals surface area contributed by atoms with Crippen molar-refractivity contribution >= 4 is 5.97 Å². The molecule has 0 bridgehead atoms. The summed E-state index contributed by atoms with van der Waals surface area (Å²) in [5, 5.41) is 0. The molecular formula is C27H49N3O3. The third-order valence-electron chi connectivity index (χ3n) is 6.57. The fourth-order valence-corrected chi connectivity index (χ4v) is 4.50. The van der Waals surface area contributed by atoms with Gasteiger partial charge in [0, 0.05) is 45.1 Å². The maximum absolute atomic E-state index is 11.9. The van der Waals surface area contributed by atoms with Crippen molar-refractivity contribution in [1.29, 1.82) is 0 Å². The SMILES string of the molecule is CCCCCCCCCCCOC(=O)CCCCCN1CCC(OCCCn2ccnc2)C1. The average molecular weight is 464 g/mol. The molecule has 0 aliphatic carbocycles. The normalized spacial score (nSPS) is 16.5. The highest BCUT2D eigenvalue weighted by molar-refractivity contribution is 5.69. The van der Waals surface area contributed by atoms with Gasteiger partial charge in [-0.2, -0.15) is 0 Å². The van der Waals surface area contributed by atoms with Gasteiger partial charge >= 0.3 is 5.97 Å². The van der Waals surface area contributed by atoms with E-state index in [2.05, 4.69) is 21.4 Å². The van der Waals surface area contributed by atoms with Crippen molar-refractivity contribution in [3.8, 4) is 0 Å². The van der Waals surface area contributed by atoms with Crippen LogP contribution in [0.5, 0.6) is 0 Å². The second kappa shape index (κ2) is 19.0. The molecule has 1 aromatic heterocycles. The van der Waals surface area contributed by atoms with Crippen molar-refractivity contribution in [3.05, 3.63) is 18.7 Å². The number of unbranched alkanes of at least 4 members (excludes halogenated alkanes) is 10. The molecule has 6 heteroatoms. The fraction of sp³-hybridized carbons (Fsp3) is 0.852. The summed E-state index contributed by atoms with van der Waals surface area (Å²) in [5.74, 6) is -0.0140. The van der Waals surface area contributed by atoms with Crippen LogP contribution >= 0.6 is 0 Å². The zero-order valence-corrected chi connectivity index (χ0v) is 21.2. The monoisotopic (exact) mass is 463 g/mol. The predicted octanol–water partition coefficient (Wildman–Crippen LogP) is 6.00. The molecular weight excluding hydrogens is 414 g/mol. The first kappa shape index (κ1) is 27.8. The van der Waals surface area contributed by atoms with E-state index >= 15 is 0 Å². The Kier molecular flexibility index (Phi) is 16.0. The highest BCUT2D eigenvalue weighted by atomic mass is 16.5. The van der Waals surface area contributed by atoms with Crippen LogP contribution in [-0.2, 0) is 20.8 Å². The largest absolute Gasteiger partial charge is 0.466 e. The van der Waals surface area contributed by atoms with Crippen LogP contribution in [0.4, 0.5) is 0 Å².